The van der Waals surface area contributed by atoms with Gasteiger partial charge in [-0.3, -0.25) is 9.59 Å². The second-order valence-corrected chi connectivity index (χ2v) is 5.50. The summed E-state index contributed by atoms with van der Waals surface area (Å²) >= 11 is 0. The second-order valence-electron chi connectivity index (χ2n) is 5.50. The summed E-state index contributed by atoms with van der Waals surface area (Å²) in [7, 11) is 0. The number of furan rings is 1. The number of benzene rings is 1. The van der Waals surface area contributed by atoms with E-state index in [0.717, 1.165) is 6.07 Å². The molecule has 2 rings (SSSR count). The minimum Gasteiger partial charge on any atom is -0.467 e. The van der Waals surface area contributed by atoms with Gasteiger partial charge in [-0.05, 0) is 36.2 Å². The molecule has 0 bridgehead atoms. The van der Waals surface area contributed by atoms with Crippen LogP contribution in [0, 0.1) is 11.7 Å². The molecule has 0 radical (unpaired) electrons. The van der Waals surface area contributed by atoms with Crippen LogP contribution in [0.5, 0.6) is 0 Å². The number of carbonyl (C=O) groups excluding carboxylic acids is 2. The number of hydrogen-bond donors (Lipinski definition) is 2. The number of rotatable bonds is 6. The topological polar surface area (TPSA) is 71.3 Å². The first-order valence-corrected chi connectivity index (χ1v) is 7.34. The maximum atomic E-state index is 13.2. The van der Waals surface area contributed by atoms with E-state index in [1.807, 2.05) is 13.8 Å². The Morgan fingerprint density at radius 2 is 2.00 bits per heavy atom. The third-order valence-corrected chi connectivity index (χ3v) is 3.34. The van der Waals surface area contributed by atoms with Gasteiger partial charge in [-0.15, -0.1) is 0 Å². The molecule has 122 valence electrons. The molecule has 2 N–H and O–H groups in total. The first kappa shape index (κ1) is 16.7. The van der Waals surface area contributed by atoms with Gasteiger partial charge in [0.25, 0.3) is 5.91 Å². The molecule has 2 amide bonds. The quantitative estimate of drug-likeness (QED) is 0.859. The molecular weight excluding hydrogens is 299 g/mol. The van der Waals surface area contributed by atoms with Crippen molar-refractivity contribution in [3.63, 3.8) is 0 Å². The minimum atomic E-state index is -0.722. The van der Waals surface area contributed by atoms with Gasteiger partial charge in [-0.1, -0.05) is 19.9 Å². The lowest BCUT2D eigenvalue weighted by Crippen LogP contribution is -2.49. The van der Waals surface area contributed by atoms with Gasteiger partial charge in [0.1, 0.15) is 17.6 Å². The molecular formula is C17H19FN2O3. The van der Waals surface area contributed by atoms with Crippen LogP contribution in [0.25, 0.3) is 0 Å². The Morgan fingerprint density at radius 3 is 2.61 bits per heavy atom. The fourth-order valence-corrected chi connectivity index (χ4v) is 2.09. The number of carbonyl (C=O) groups is 2. The Morgan fingerprint density at radius 1 is 1.22 bits per heavy atom. The molecule has 0 saturated heterocycles. The highest BCUT2D eigenvalue weighted by atomic mass is 19.1. The average Bonchev–Trinajstić information content (AvgIpc) is 3.03. The lowest BCUT2D eigenvalue weighted by Gasteiger charge is -2.21. The van der Waals surface area contributed by atoms with Gasteiger partial charge in [0.15, 0.2) is 0 Å². The van der Waals surface area contributed by atoms with Crippen LogP contribution in [0.4, 0.5) is 4.39 Å². The van der Waals surface area contributed by atoms with Crippen LogP contribution in [0.1, 0.15) is 30.0 Å². The van der Waals surface area contributed by atoms with Gasteiger partial charge in [0.2, 0.25) is 5.91 Å². The molecule has 2 aromatic rings. The molecule has 5 nitrogen and oxygen atoms in total. The summed E-state index contributed by atoms with van der Waals surface area (Å²) in [5.41, 5.74) is 0.175. The van der Waals surface area contributed by atoms with Crippen LogP contribution < -0.4 is 10.6 Å². The van der Waals surface area contributed by atoms with E-state index in [2.05, 4.69) is 10.6 Å². The summed E-state index contributed by atoms with van der Waals surface area (Å²) in [4.78, 5) is 24.4. The highest BCUT2D eigenvalue weighted by Crippen LogP contribution is 2.08. The molecule has 0 aliphatic rings. The van der Waals surface area contributed by atoms with Crippen LogP contribution in [-0.4, -0.2) is 17.9 Å². The van der Waals surface area contributed by atoms with E-state index in [1.54, 1.807) is 12.1 Å². The van der Waals surface area contributed by atoms with Gasteiger partial charge in [-0.25, -0.2) is 4.39 Å². The van der Waals surface area contributed by atoms with Crippen molar-refractivity contribution in [3.05, 3.63) is 59.8 Å². The average molecular weight is 318 g/mol. The zero-order valence-electron chi connectivity index (χ0n) is 13.0. The van der Waals surface area contributed by atoms with E-state index in [4.69, 9.17) is 4.42 Å². The fourth-order valence-electron chi connectivity index (χ4n) is 2.09. The maximum absolute atomic E-state index is 13.2. The standard InChI is InChI=1S/C17H19FN2O3/c1-11(2)15(17(22)19-10-14-7-4-8-23-14)20-16(21)12-5-3-6-13(18)9-12/h3-9,11,15H,10H2,1-2H3,(H,19,22)(H,20,21)/t15-/m1/s1. The molecule has 6 heteroatoms. The number of amides is 2. The van der Waals surface area contributed by atoms with Crippen molar-refractivity contribution in [2.45, 2.75) is 26.4 Å². The zero-order valence-corrected chi connectivity index (χ0v) is 13.0. The summed E-state index contributed by atoms with van der Waals surface area (Å²) in [6.07, 6.45) is 1.52. The Bertz CT molecular complexity index is 668. The van der Waals surface area contributed by atoms with Crippen molar-refractivity contribution in [3.8, 4) is 0 Å². The molecule has 1 aromatic carbocycles. The van der Waals surface area contributed by atoms with E-state index < -0.39 is 17.8 Å². The molecule has 23 heavy (non-hydrogen) atoms. The first-order valence-electron chi connectivity index (χ1n) is 7.34. The highest BCUT2D eigenvalue weighted by molar-refractivity contribution is 5.97. The molecule has 1 heterocycles. The molecule has 0 spiro atoms. The van der Waals surface area contributed by atoms with Crippen LogP contribution in [0.15, 0.2) is 47.1 Å². The highest BCUT2D eigenvalue weighted by Gasteiger charge is 2.24. The van der Waals surface area contributed by atoms with Gasteiger partial charge in [0, 0.05) is 5.56 Å². The molecule has 0 saturated carbocycles. The van der Waals surface area contributed by atoms with Crippen LogP contribution in [-0.2, 0) is 11.3 Å². The van der Waals surface area contributed by atoms with Crippen molar-refractivity contribution >= 4 is 11.8 Å². The van der Waals surface area contributed by atoms with E-state index in [9.17, 15) is 14.0 Å². The van der Waals surface area contributed by atoms with Gasteiger partial charge < -0.3 is 15.1 Å². The predicted molar refractivity (Wildman–Crippen MR) is 83.0 cm³/mol. The van der Waals surface area contributed by atoms with Gasteiger partial charge in [-0.2, -0.15) is 0 Å². The third kappa shape index (κ3) is 4.67. The third-order valence-electron chi connectivity index (χ3n) is 3.34. The Balaban J connectivity index is 2.00. The molecule has 1 aromatic heterocycles. The van der Waals surface area contributed by atoms with E-state index >= 15 is 0 Å². The summed E-state index contributed by atoms with van der Waals surface area (Å²) < 4.78 is 18.3. The zero-order chi connectivity index (χ0) is 16.8. The van der Waals surface area contributed by atoms with Crippen LogP contribution >= 0.6 is 0 Å². The van der Waals surface area contributed by atoms with Crippen molar-refractivity contribution in [2.75, 3.05) is 0 Å². The van der Waals surface area contributed by atoms with Crippen LogP contribution in [0.3, 0.4) is 0 Å². The van der Waals surface area contributed by atoms with E-state index in [-0.39, 0.29) is 23.9 Å². The SMILES string of the molecule is CC(C)[C@@H](NC(=O)c1cccc(F)c1)C(=O)NCc1ccco1. The van der Waals surface area contributed by atoms with E-state index in [0.29, 0.717) is 5.76 Å². The Hall–Kier alpha value is -2.63. The largest absolute Gasteiger partial charge is 0.467 e. The smallest absolute Gasteiger partial charge is 0.252 e. The van der Waals surface area contributed by atoms with Gasteiger partial charge in [0.05, 0.1) is 12.8 Å². The molecule has 1 atom stereocenters. The summed E-state index contributed by atoms with van der Waals surface area (Å²) in [5.74, 6) is -0.806. The Labute approximate surface area is 133 Å². The minimum absolute atomic E-state index is 0.121. The fraction of sp³-hybridized carbons (Fsp3) is 0.294. The normalized spacial score (nSPS) is 12.0. The summed E-state index contributed by atoms with van der Waals surface area (Å²) in [5, 5.41) is 5.35. The van der Waals surface area contributed by atoms with Crippen molar-refractivity contribution in [2.24, 2.45) is 5.92 Å². The number of nitrogens with one attached hydrogen (secondary N) is 2. The summed E-state index contributed by atoms with van der Waals surface area (Å²) in [6, 6.07) is 8.09. The van der Waals surface area contributed by atoms with Crippen LogP contribution in [0.2, 0.25) is 0 Å². The Kier molecular flexibility index (Phi) is 5.51. The maximum Gasteiger partial charge on any atom is 0.252 e. The lowest BCUT2D eigenvalue weighted by atomic mass is 10.0. The molecule has 0 unspecified atom stereocenters. The monoisotopic (exact) mass is 318 g/mol. The molecule has 0 aliphatic heterocycles. The van der Waals surface area contributed by atoms with Crippen molar-refractivity contribution in [1.29, 1.82) is 0 Å². The number of hydrogen-bond acceptors (Lipinski definition) is 3. The lowest BCUT2D eigenvalue weighted by molar-refractivity contribution is -0.124. The second kappa shape index (κ2) is 7.58. The molecule has 0 fully saturated rings. The predicted octanol–water partition coefficient (Wildman–Crippen LogP) is 2.49. The number of halogens is 1. The van der Waals surface area contributed by atoms with Crippen molar-refractivity contribution < 1.29 is 18.4 Å². The molecule has 0 aliphatic carbocycles. The summed E-state index contributed by atoms with van der Waals surface area (Å²) in [6.45, 7) is 3.89. The van der Waals surface area contributed by atoms with Crippen molar-refractivity contribution in [1.82, 2.24) is 10.6 Å². The van der Waals surface area contributed by atoms with Gasteiger partial charge >= 0.3 is 0 Å². The first-order chi connectivity index (χ1) is 11.0. The van der Waals surface area contributed by atoms with E-state index in [1.165, 1.54) is 24.5 Å².